The number of rotatable bonds is 9. The molecule has 1 aromatic carbocycles. The third kappa shape index (κ3) is 4.43. The van der Waals surface area contributed by atoms with Gasteiger partial charge in [0.2, 0.25) is 0 Å². The van der Waals surface area contributed by atoms with E-state index >= 15 is 0 Å². The summed E-state index contributed by atoms with van der Waals surface area (Å²) in [5, 5.41) is 2.88. The number of primary amides is 1. The molecule has 2 aromatic heterocycles. The van der Waals surface area contributed by atoms with Crippen molar-refractivity contribution in [2.24, 2.45) is 5.73 Å². The maximum Gasteiger partial charge on any atom is 0.351 e. The van der Waals surface area contributed by atoms with Crippen LogP contribution in [-0.4, -0.2) is 38.2 Å². The summed E-state index contributed by atoms with van der Waals surface area (Å²) < 4.78 is 12.6. The predicted molar refractivity (Wildman–Crippen MR) is 121 cm³/mol. The Morgan fingerprint density at radius 1 is 1.12 bits per heavy atom. The van der Waals surface area contributed by atoms with Crippen LogP contribution in [0.5, 0.6) is 0 Å². The van der Waals surface area contributed by atoms with Crippen LogP contribution in [0.25, 0.3) is 17.1 Å². The van der Waals surface area contributed by atoms with E-state index in [1.165, 1.54) is 12.5 Å². The number of benzene rings is 1. The van der Waals surface area contributed by atoms with Gasteiger partial charge in [-0.1, -0.05) is 50.1 Å². The lowest BCUT2D eigenvalue weighted by molar-refractivity contribution is -0.182. The minimum Gasteiger partial charge on any atom is -0.447 e. The van der Waals surface area contributed by atoms with Crippen molar-refractivity contribution in [1.82, 2.24) is 19.9 Å². The molecule has 1 unspecified atom stereocenters. The molecule has 0 radical (unpaired) electrons. The maximum atomic E-state index is 13.3. The lowest BCUT2D eigenvalue weighted by Gasteiger charge is -2.33. The molecule has 1 aliphatic rings. The third-order valence-corrected chi connectivity index (χ3v) is 5.42. The van der Waals surface area contributed by atoms with Gasteiger partial charge in [0.15, 0.2) is 5.82 Å². The van der Waals surface area contributed by atoms with E-state index in [9.17, 15) is 9.59 Å². The number of pyridine rings is 1. The van der Waals surface area contributed by atoms with Crippen LogP contribution in [0.3, 0.4) is 0 Å². The number of nitrogens with zero attached hydrogens (tertiary/aromatic N) is 3. The van der Waals surface area contributed by atoms with Crippen LogP contribution in [-0.2, 0) is 14.3 Å². The second-order valence-corrected chi connectivity index (χ2v) is 7.61. The summed E-state index contributed by atoms with van der Waals surface area (Å²) in [6.45, 7) is 2.01. The van der Waals surface area contributed by atoms with Crippen molar-refractivity contribution in [3.8, 4) is 17.1 Å². The predicted octanol–water partition coefficient (Wildman–Crippen LogP) is 2.92. The molecule has 33 heavy (non-hydrogen) atoms. The Bertz CT molecular complexity index is 1150. The lowest BCUT2D eigenvalue weighted by atomic mass is 9.99. The molecule has 1 aliphatic heterocycles. The number of carbonyl (C=O) groups is 2. The van der Waals surface area contributed by atoms with Crippen molar-refractivity contribution >= 4 is 11.8 Å². The highest BCUT2D eigenvalue weighted by Gasteiger charge is 2.51. The number of ether oxygens (including phenoxy) is 2. The van der Waals surface area contributed by atoms with Gasteiger partial charge in [-0.25, -0.2) is 9.97 Å². The van der Waals surface area contributed by atoms with E-state index in [0.29, 0.717) is 17.8 Å². The van der Waals surface area contributed by atoms with Gasteiger partial charge >= 0.3 is 11.7 Å². The first kappa shape index (κ1) is 22.1. The zero-order valence-electron chi connectivity index (χ0n) is 18.2. The Hall–Kier alpha value is -4.14. The summed E-state index contributed by atoms with van der Waals surface area (Å²) >= 11 is 0. The number of imidazole rings is 1. The average Bonchev–Trinajstić information content (AvgIpc) is 3.53. The van der Waals surface area contributed by atoms with Crippen LogP contribution in [0, 0.1) is 0 Å². The molecule has 1 atom stereocenters. The number of nitrogens with two attached hydrogens (primary N) is 1. The SMILES string of the molecule is CCCCC(NC(=O)c1cccnc1-n1cnc(-c2ccccc2)c1)C1(C(N)=O)OC=CO1. The Balaban J connectivity index is 1.62. The molecule has 3 N–H and O–H groups in total. The topological polar surface area (TPSA) is 121 Å². The lowest BCUT2D eigenvalue weighted by Crippen LogP contribution is -2.60. The van der Waals surface area contributed by atoms with Crippen LogP contribution in [0.15, 0.2) is 73.7 Å². The molecule has 9 heteroatoms. The van der Waals surface area contributed by atoms with Gasteiger partial charge < -0.3 is 20.5 Å². The first-order chi connectivity index (χ1) is 16.0. The molecule has 0 fully saturated rings. The van der Waals surface area contributed by atoms with E-state index in [1.54, 1.807) is 35.4 Å². The highest BCUT2D eigenvalue weighted by atomic mass is 16.7. The number of nitrogens with one attached hydrogen (secondary N) is 1. The van der Waals surface area contributed by atoms with E-state index in [2.05, 4.69) is 15.3 Å². The highest BCUT2D eigenvalue weighted by Crippen LogP contribution is 2.28. The number of hydrogen-bond acceptors (Lipinski definition) is 6. The summed E-state index contributed by atoms with van der Waals surface area (Å²) in [6, 6.07) is 12.2. The Morgan fingerprint density at radius 3 is 2.58 bits per heavy atom. The van der Waals surface area contributed by atoms with Gasteiger partial charge in [0.25, 0.3) is 5.91 Å². The van der Waals surface area contributed by atoms with E-state index in [-0.39, 0.29) is 0 Å². The molecule has 3 heterocycles. The molecule has 0 saturated heterocycles. The van der Waals surface area contributed by atoms with Gasteiger partial charge in [-0.3, -0.25) is 14.2 Å². The van der Waals surface area contributed by atoms with Gasteiger partial charge in [0.1, 0.15) is 24.9 Å². The van der Waals surface area contributed by atoms with Crippen molar-refractivity contribution < 1.29 is 19.1 Å². The third-order valence-electron chi connectivity index (χ3n) is 5.42. The minimum atomic E-state index is -1.79. The van der Waals surface area contributed by atoms with Crippen LogP contribution >= 0.6 is 0 Å². The first-order valence-corrected chi connectivity index (χ1v) is 10.7. The quantitative estimate of drug-likeness (QED) is 0.520. The fraction of sp³-hybridized carbons (Fsp3) is 0.250. The van der Waals surface area contributed by atoms with Gasteiger partial charge in [0, 0.05) is 18.0 Å². The van der Waals surface area contributed by atoms with Gasteiger partial charge in [-0.2, -0.15) is 0 Å². The largest absolute Gasteiger partial charge is 0.447 e. The van der Waals surface area contributed by atoms with E-state index in [1.807, 2.05) is 37.3 Å². The van der Waals surface area contributed by atoms with Crippen LogP contribution in [0.4, 0.5) is 0 Å². The Kier molecular flexibility index (Phi) is 6.39. The van der Waals surface area contributed by atoms with Crippen LogP contribution in [0.2, 0.25) is 0 Å². The summed E-state index contributed by atoms with van der Waals surface area (Å²) in [6.07, 6.45) is 9.53. The second kappa shape index (κ2) is 9.56. The van der Waals surface area contributed by atoms with Crippen LogP contribution < -0.4 is 11.1 Å². The smallest absolute Gasteiger partial charge is 0.351 e. The Labute approximate surface area is 191 Å². The molecule has 9 nitrogen and oxygen atoms in total. The summed E-state index contributed by atoms with van der Waals surface area (Å²) in [7, 11) is 0. The summed E-state index contributed by atoms with van der Waals surface area (Å²) in [5.41, 5.74) is 7.60. The normalized spacial score (nSPS) is 14.8. The number of amides is 2. The van der Waals surface area contributed by atoms with Crippen molar-refractivity contribution in [1.29, 1.82) is 0 Å². The molecule has 170 valence electrons. The van der Waals surface area contributed by atoms with E-state index in [0.717, 1.165) is 24.1 Å². The molecular formula is C24H25N5O4. The Morgan fingerprint density at radius 2 is 1.88 bits per heavy atom. The van der Waals surface area contributed by atoms with Crippen molar-refractivity contribution in [2.75, 3.05) is 0 Å². The van der Waals surface area contributed by atoms with E-state index in [4.69, 9.17) is 15.2 Å². The summed E-state index contributed by atoms with van der Waals surface area (Å²) in [4.78, 5) is 34.4. The maximum absolute atomic E-state index is 13.3. The fourth-order valence-electron chi connectivity index (χ4n) is 3.72. The fourth-order valence-corrected chi connectivity index (χ4v) is 3.72. The molecule has 0 saturated carbocycles. The van der Waals surface area contributed by atoms with E-state index < -0.39 is 23.6 Å². The monoisotopic (exact) mass is 447 g/mol. The van der Waals surface area contributed by atoms with Gasteiger partial charge in [-0.15, -0.1) is 0 Å². The van der Waals surface area contributed by atoms with Crippen molar-refractivity contribution in [3.05, 3.63) is 79.3 Å². The summed E-state index contributed by atoms with van der Waals surface area (Å²) in [5.74, 6) is -2.64. The molecule has 0 spiro atoms. The standard InChI is InChI=1S/C24H25N5O4/c1-2-3-11-20(24(23(25)31)32-13-14-33-24)28-22(30)18-10-7-12-26-21(18)29-15-19(27-16-29)17-8-5-4-6-9-17/h4-10,12-16,20H,2-3,11H2,1H3,(H2,25,31)(H,28,30). The van der Waals surface area contributed by atoms with Crippen molar-refractivity contribution in [3.63, 3.8) is 0 Å². The zero-order valence-corrected chi connectivity index (χ0v) is 18.2. The molecule has 4 rings (SSSR count). The van der Waals surface area contributed by atoms with Gasteiger partial charge in [-0.05, 0) is 18.6 Å². The molecular weight excluding hydrogens is 422 g/mol. The van der Waals surface area contributed by atoms with Crippen LogP contribution in [0.1, 0.15) is 36.5 Å². The number of aromatic nitrogens is 3. The molecule has 2 amide bonds. The minimum absolute atomic E-state index is 0.307. The van der Waals surface area contributed by atoms with Gasteiger partial charge in [0.05, 0.1) is 11.3 Å². The number of carbonyl (C=O) groups excluding carboxylic acids is 2. The number of hydrogen-bond donors (Lipinski definition) is 2. The molecule has 3 aromatic rings. The average molecular weight is 447 g/mol. The molecule has 0 aliphatic carbocycles. The van der Waals surface area contributed by atoms with Crippen molar-refractivity contribution in [2.45, 2.75) is 38.0 Å². The highest BCUT2D eigenvalue weighted by molar-refractivity contribution is 5.98. The number of unbranched alkanes of at least 4 members (excludes halogenated alkanes) is 1. The molecule has 0 bridgehead atoms. The first-order valence-electron chi connectivity index (χ1n) is 10.7. The second-order valence-electron chi connectivity index (χ2n) is 7.61. The zero-order chi connectivity index (χ0) is 23.3.